The Morgan fingerprint density at radius 1 is 1.35 bits per heavy atom. The molecule has 100 valence electrons. The van der Waals surface area contributed by atoms with E-state index in [9.17, 15) is 0 Å². The van der Waals surface area contributed by atoms with Crippen LogP contribution in [0.25, 0.3) is 21.7 Å². The van der Waals surface area contributed by atoms with Crippen molar-refractivity contribution >= 4 is 22.6 Å². The normalized spacial score (nSPS) is 11.2. The molecule has 3 rings (SSSR count). The molecule has 0 saturated carbocycles. The lowest BCUT2D eigenvalue weighted by Gasteiger charge is -2.04. The molecule has 0 radical (unpaired) electrons. The van der Waals surface area contributed by atoms with Crippen LogP contribution in [0, 0.1) is 11.3 Å². The zero-order chi connectivity index (χ0) is 14.3. The van der Waals surface area contributed by atoms with Gasteiger partial charge in [-0.2, -0.15) is 5.26 Å². The summed E-state index contributed by atoms with van der Waals surface area (Å²) in [5, 5.41) is 13.2. The minimum atomic E-state index is 0.304. The average molecular weight is 283 g/mol. The van der Waals surface area contributed by atoms with E-state index in [1.54, 1.807) is 0 Å². The van der Waals surface area contributed by atoms with Crippen LogP contribution in [0.15, 0.2) is 18.2 Å². The number of aryl methyl sites for hydroxylation is 1. The molecular weight excluding hydrogens is 270 g/mol. The predicted octanol–water partition coefficient (Wildman–Crippen LogP) is 3.09. The molecule has 0 saturated heterocycles. The predicted molar refractivity (Wildman–Crippen MR) is 78.4 cm³/mol. The second-order valence-electron chi connectivity index (χ2n) is 4.95. The van der Waals surface area contributed by atoms with E-state index >= 15 is 0 Å². The van der Waals surface area contributed by atoms with Gasteiger partial charge < -0.3 is 4.57 Å². The number of hydrogen-bond donors (Lipinski definition) is 0. The molecule has 2 aromatic heterocycles. The molecule has 0 N–H and O–H groups in total. The summed E-state index contributed by atoms with van der Waals surface area (Å²) in [7, 11) is 1.97. The molecular formula is C14H13N5S. The van der Waals surface area contributed by atoms with Crippen LogP contribution in [-0.2, 0) is 7.05 Å². The third-order valence-electron chi connectivity index (χ3n) is 3.27. The Kier molecular flexibility index (Phi) is 2.99. The second kappa shape index (κ2) is 4.69. The zero-order valence-electron chi connectivity index (χ0n) is 11.5. The highest BCUT2D eigenvalue weighted by Gasteiger charge is 2.19. The van der Waals surface area contributed by atoms with Gasteiger partial charge in [-0.1, -0.05) is 18.3 Å². The maximum Gasteiger partial charge on any atom is 0.154 e. The molecule has 20 heavy (non-hydrogen) atoms. The fraction of sp³-hybridized carbons (Fsp3) is 0.286. The van der Waals surface area contributed by atoms with Gasteiger partial charge in [0.1, 0.15) is 4.88 Å². The van der Waals surface area contributed by atoms with Crippen LogP contribution in [0.1, 0.15) is 31.0 Å². The lowest BCUT2D eigenvalue weighted by Crippen LogP contribution is -1.96. The maximum absolute atomic E-state index is 8.97. The van der Waals surface area contributed by atoms with Crippen LogP contribution < -0.4 is 0 Å². The smallest absolute Gasteiger partial charge is 0.154 e. The number of aromatic nitrogens is 4. The standard InChI is InChI=1S/C14H13N5S/c1-8(2)12-13(20-18-17-12)14-16-10-6-9(7-15)4-5-11(10)19(14)3/h4-6,8H,1-3H3. The fourth-order valence-corrected chi connectivity index (χ4v) is 3.05. The van der Waals surface area contributed by atoms with Gasteiger partial charge in [0.15, 0.2) is 5.82 Å². The number of benzene rings is 1. The third-order valence-corrected chi connectivity index (χ3v) is 4.01. The Labute approximate surface area is 120 Å². The van der Waals surface area contributed by atoms with Crippen LogP contribution in [-0.4, -0.2) is 19.1 Å². The van der Waals surface area contributed by atoms with Gasteiger partial charge >= 0.3 is 0 Å². The van der Waals surface area contributed by atoms with E-state index in [1.165, 1.54) is 11.5 Å². The maximum atomic E-state index is 8.97. The Bertz CT molecular complexity index is 822. The first-order chi connectivity index (χ1) is 9.61. The Hall–Kier alpha value is -2.26. The molecule has 0 aliphatic carbocycles. The number of rotatable bonds is 2. The summed E-state index contributed by atoms with van der Waals surface area (Å²) in [6.45, 7) is 4.19. The second-order valence-corrected chi connectivity index (χ2v) is 5.71. The van der Waals surface area contributed by atoms with E-state index in [2.05, 4.69) is 34.5 Å². The molecule has 0 fully saturated rings. The molecule has 0 spiro atoms. The number of imidazole rings is 1. The van der Waals surface area contributed by atoms with Gasteiger partial charge in [0, 0.05) is 7.05 Å². The van der Waals surface area contributed by atoms with Gasteiger partial charge in [0.25, 0.3) is 0 Å². The van der Waals surface area contributed by atoms with Gasteiger partial charge in [-0.25, -0.2) is 4.98 Å². The lowest BCUT2D eigenvalue weighted by molar-refractivity contribution is 0.810. The summed E-state index contributed by atoms with van der Waals surface area (Å²) in [6.07, 6.45) is 0. The van der Waals surface area contributed by atoms with Crippen molar-refractivity contribution < 1.29 is 0 Å². The van der Waals surface area contributed by atoms with Crippen molar-refractivity contribution in [3.63, 3.8) is 0 Å². The van der Waals surface area contributed by atoms with Gasteiger partial charge in [0.2, 0.25) is 0 Å². The molecule has 0 aliphatic heterocycles. The molecule has 0 atom stereocenters. The van der Waals surface area contributed by atoms with Crippen LogP contribution in [0.3, 0.4) is 0 Å². The quantitative estimate of drug-likeness (QED) is 0.724. The van der Waals surface area contributed by atoms with Crippen LogP contribution >= 0.6 is 11.5 Å². The molecule has 2 heterocycles. The molecule has 0 amide bonds. The van der Waals surface area contributed by atoms with E-state index < -0.39 is 0 Å². The number of nitrogens with zero attached hydrogens (tertiary/aromatic N) is 5. The number of fused-ring (bicyclic) bond motifs is 1. The third kappa shape index (κ3) is 1.87. The first kappa shape index (κ1) is 12.8. The van der Waals surface area contributed by atoms with Crippen molar-refractivity contribution in [1.29, 1.82) is 5.26 Å². The minimum Gasteiger partial charge on any atom is -0.326 e. The van der Waals surface area contributed by atoms with Gasteiger partial charge in [-0.3, -0.25) is 0 Å². The van der Waals surface area contributed by atoms with E-state index in [4.69, 9.17) is 5.26 Å². The Morgan fingerprint density at radius 2 is 2.15 bits per heavy atom. The van der Waals surface area contributed by atoms with E-state index in [0.29, 0.717) is 11.5 Å². The van der Waals surface area contributed by atoms with Gasteiger partial charge in [-0.05, 0) is 35.6 Å². The fourth-order valence-electron chi connectivity index (χ4n) is 2.20. The van der Waals surface area contributed by atoms with Crippen molar-refractivity contribution in [3.05, 3.63) is 29.5 Å². The first-order valence-corrected chi connectivity index (χ1v) is 7.08. The average Bonchev–Trinajstić information content (AvgIpc) is 3.03. The zero-order valence-corrected chi connectivity index (χ0v) is 12.3. The number of hydrogen-bond acceptors (Lipinski definition) is 5. The highest BCUT2D eigenvalue weighted by molar-refractivity contribution is 7.09. The lowest BCUT2D eigenvalue weighted by atomic mass is 10.1. The van der Waals surface area contributed by atoms with Crippen molar-refractivity contribution in [2.24, 2.45) is 7.05 Å². The van der Waals surface area contributed by atoms with E-state index in [1.807, 2.05) is 29.8 Å². The minimum absolute atomic E-state index is 0.304. The molecule has 3 aromatic rings. The van der Waals surface area contributed by atoms with Crippen LogP contribution in [0.4, 0.5) is 0 Å². The molecule has 6 heteroatoms. The van der Waals surface area contributed by atoms with E-state index in [0.717, 1.165) is 27.4 Å². The number of nitriles is 1. The summed E-state index contributed by atoms with van der Waals surface area (Å²) in [5.41, 5.74) is 3.41. The highest BCUT2D eigenvalue weighted by atomic mass is 32.1. The highest BCUT2D eigenvalue weighted by Crippen LogP contribution is 2.32. The molecule has 0 unspecified atom stereocenters. The summed E-state index contributed by atoms with van der Waals surface area (Å²) in [5.74, 6) is 1.16. The molecule has 5 nitrogen and oxygen atoms in total. The summed E-state index contributed by atoms with van der Waals surface area (Å²) in [6, 6.07) is 7.68. The van der Waals surface area contributed by atoms with Crippen LogP contribution in [0.5, 0.6) is 0 Å². The molecule has 0 aliphatic rings. The van der Waals surface area contributed by atoms with Gasteiger partial charge in [-0.15, -0.1) is 5.10 Å². The van der Waals surface area contributed by atoms with Crippen molar-refractivity contribution in [2.75, 3.05) is 0 Å². The summed E-state index contributed by atoms with van der Waals surface area (Å²) >= 11 is 1.36. The topological polar surface area (TPSA) is 67.4 Å². The van der Waals surface area contributed by atoms with E-state index in [-0.39, 0.29) is 0 Å². The van der Waals surface area contributed by atoms with Gasteiger partial charge in [0.05, 0.1) is 28.4 Å². The Morgan fingerprint density at radius 3 is 2.85 bits per heavy atom. The Balaban J connectivity index is 2.24. The summed E-state index contributed by atoms with van der Waals surface area (Å²) in [4.78, 5) is 5.65. The molecule has 1 aromatic carbocycles. The largest absolute Gasteiger partial charge is 0.326 e. The van der Waals surface area contributed by atoms with Crippen molar-refractivity contribution in [2.45, 2.75) is 19.8 Å². The van der Waals surface area contributed by atoms with Crippen molar-refractivity contribution in [1.82, 2.24) is 19.1 Å². The first-order valence-electron chi connectivity index (χ1n) is 6.31. The summed E-state index contributed by atoms with van der Waals surface area (Å²) < 4.78 is 6.08. The van der Waals surface area contributed by atoms with Crippen LogP contribution in [0.2, 0.25) is 0 Å². The van der Waals surface area contributed by atoms with Crippen molar-refractivity contribution in [3.8, 4) is 16.8 Å². The SMILES string of the molecule is CC(C)c1nnsc1-c1nc2cc(C#N)ccc2n1C. The monoisotopic (exact) mass is 283 g/mol. The molecule has 0 bridgehead atoms.